The lowest BCUT2D eigenvalue weighted by Gasteiger charge is -2.10. The molecule has 28 aromatic rings. The van der Waals surface area contributed by atoms with Gasteiger partial charge in [0.2, 0.25) is 21.1 Å². The third kappa shape index (κ3) is 14.5. The monoisotopic (exact) mass is 1890 g/mol. The maximum Gasteiger partial charge on any atom is 0.223 e. The first kappa shape index (κ1) is 80.8. The van der Waals surface area contributed by atoms with Crippen molar-refractivity contribution in [3.05, 3.63) is 391 Å². The lowest BCUT2D eigenvalue weighted by Crippen LogP contribution is -1.95. The Kier molecular flexibility index (Phi) is 20.4. The van der Waals surface area contributed by atoms with Gasteiger partial charge in [0.15, 0.2) is 5.82 Å². The van der Waals surface area contributed by atoms with Gasteiger partial charge in [-0.1, -0.05) is 285 Å². The molecule has 0 N–H and O–H groups in total. The van der Waals surface area contributed by atoms with Crippen molar-refractivity contribution in [2.75, 3.05) is 0 Å². The molecule has 12 aromatic heterocycles. The summed E-state index contributed by atoms with van der Waals surface area (Å²) in [6, 6.07) is 129. The maximum atomic E-state index is 6.53. The Balaban J connectivity index is 0.0000000975. The predicted molar refractivity (Wildman–Crippen MR) is 568 cm³/mol. The number of para-hydroxylation sites is 3. The Labute approximate surface area is 802 Å². The van der Waals surface area contributed by atoms with Crippen molar-refractivity contribution in [1.82, 2.24) is 54.4 Å². The molecule has 28 rings (SSSR count). The molecule has 0 saturated heterocycles. The van der Waals surface area contributed by atoms with Crippen LogP contribution >= 0.6 is 114 Å². The molecule has 21 heteroatoms. The van der Waals surface area contributed by atoms with Crippen molar-refractivity contribution in [3.8, 4) is 84.5 Å². The lowest BCUT2D eigenvalue weighted by atomic mass is 10.0. The number of halogens is 4. The predicted octanol–water partition coefficient (Wildman–Crippen LogP) is 34.6. The van der Waals surface area contributed by atoms with Crippen LogP contribution in [0.1, 0.15) is 0 Å². The minimum absolute atomic E-state index is 0.232. The molecule has 0 aliphatic carbocycles. The summed E-state index contributed by atoms with van der Waals surface area (Å²) in [5.74, 6) is 0.679. The first-order chi connectivity index (χ1) is 65.5. The molecule has 0 bridgehead atoms. The Hall–Kier alpha value is -14.3. The molecule has 12 heterocycles. The molecule has 0 atom stereocenters. The highest BCUT2D eigenvalue weighted by Gasteiger charge is 2.25. The lowest BCUT2D eigenvalue weighted by molar-refractivity contribution is 1.18. The molecule has 16 aromatic carbocycles. The van der Waals surface area contributed by atoms with E-state index in [-0.39, 0.29) is 15.9 Å². The average molecular weight is 1900 g/mol. The van der Waals surface area contributed by atoms with Crippen LogP contribution in [0.4, 0.5) is 0 Å². The Morgan fingerprint density at radius 1 is 0.195 bits per heavy atom. The number of thiophene rings is 6. The first-order valence-electron chi connectivity index (χ1n) is 42.8. The Bertz CT molecular complexity index is 9580. The summed E-state index contributed by atoms with van der Waals surface area (Å²) < 4.78 is 16.4. The summed E-state index contributed by atoms with van der Waals surface area (Å²) >= 11 is 36.1. The first-order valence-corrected chi connectivity index (χ1v) is 49.2. The van der Waals surface area contributed by atoms with Crippen LogP contribution in [0.15, 0.2) is 370 Å². The van der Waals surface area contributed by atoms with Gasteiger partial charge < -0.3 is 4.57 Å². The van der Waals surface area contributed by atoms with Crippen molar-refractivity contribution in [1.29, 1.82) is 0 Å². The second-order valence-corrected chi connectivity index (χ2v) is 39.8. The second kappa shape index (κ2) is 33.5. The molecule has 0 aliphatic rings. The average Bonchev–Trinajstić information content (AvgIpc) is 1.59. The highest BCUT2D eigenvalue weighted by Crippen LogP contribution is 2.49. The van der Waals surface area contributed by atoms with Crippen LogP contribution in [0.2, 0.25) is 21.1 Å². The summed E-state index contributed by atoms with van der Waals surface area (Å²) in [5, 5.41) is 16.6. The van der Waals surface area contributed by atoms with E-state index in [2.05, 4.69) is 349 Å². The summed E-state index contributed by atoms with van der Waals surface area (Å²) in [6.45, 7) is 0. The van der Waals surface area contributed by atoms with E-state index in [1.165, 1.54) is 92.6 Å². The molecule has 133 heavy (non-hydrogen) atoms. The van der Waals surface area contributed by atoms with Crippen LogP contribution < -0.4 is 0 Å². The summed E-state index contributed by atoms with van der Waals surface area (Å²) in [6.07, 6.45) is 0. The van der Waals surface area contributed by atoms with E-state index < -0.39 is 0 Å². The standard InChI is InChI=1S/C40H23ClN4S.C28H16ClN3S.2C22H11ClN2S2/c41-40-44-36(38-37(45-40)32-21-20-30(23-34(32)46-38)29-19-14-24-8-4-5-11-28(24)22-29)26-15-17-27(18-16-26)39-42-33-13-7-6-12-31(33)35(43-39)25-9-2-1-3-10-25;29-28-30-25(27-26(31-28)21-11-5-7-13-24(21)33-27)17-14-15-20-19-10-4-6-12-22(19)32(23(20)16-17)18-8-2-1-3-9-18;23-22-24-18-14-7-2-4-11-17(14)27-21(18)19(25-22)15-9-5-8-13-12-6-1-3-10-16(12)26-20(13)15;23-22-24-19(21-20(25-22)14-6-2-4-8-17(14)27-21)12-9-10-18-15(11-12)13-5-1-3-7-16(13)26-18/h1-23H;1-16H;2*1-11H. The Morgan fingerprint density at radius 2 is 0.594 bits per heavy atom. The van der Waals surface area contributed by atoms with Gasteiger partial charge in [-0.15, -0.1) is 68.0 Å². The van der Waals surface area contributed by atoms with Crippen LogP contribution in [-0.4, -0.2) is 54.4 Å². The minimum Gasteiger partial charge on any atom is -0.309 e. The van der Waals surface area contributed by atoms with E-state index in [1.54, 1.807) is 56.7 Å². The number of hydrogen-bond donors (Lipinski definition) is 0. The number of nitrogens with zero attached hydrogens (tertiary/aromatic N) is 11. The van der Waals surface area contributed by atoms with E-state index in [0.717, 1.165) is 151 Å². The quantitative estimate of drug-likeness (QED) is 0.135. The van der Waals surface area contributed by atoms with Crippen molar-refractivity contribution < 1.29 is 0 Å². The second-order valence-electron chi connectivity index (χ2n) is 32.1. The largest absolute Gasteiger partial charge is 0.309 e. The van der Waals surface area contributed by atoms with Gasteiger partial charge in [0, 0.05) is 136 Å². The van der Waals surface area contributed by atoms with Crippen molar-refractivity contribution in [2.24, 2.45) is 0 Å². The van der Waals surface area contributed by atoms with E-state index in [0.29, 0.717) is 11.1 Å². The van der Waals surface area contributed by atoms with E-state index in [1.807, 2.05) is 72.0 Å². The van der Waals surface area contributed by atoms with Crippen LogP contribution in [0.3, 0.4) is 0 Å². The molecule has 628 valence electrons. The van der Waals surface area contributed by atoms with Gasteiger partial charge in [-0.3, -0.25) is 0 Å². The van der Waals surface area contributed by atoms with Crippen molar-refractivity contribution >= 4 is 279 Å². The molecule has 0 unspecified atom stereocenters. The number of benzene rings is 16. The highest BCUT2D eigenvalue weighted by atomic mass is 35.5. The smallest absolute Gasteiger partial charge is 0.223 e. The van der Waals surface area contributed by atoms with Crippen LogP contribution in [0.5, 0.6) is 0 Å². The normalized spacial score (nSPS) is 11.8. The minimum atomic E-state index is 0.232. The van der Waals surface area contributed by atoms with Gasteiger partial charge in [-0.2, -0.15) is 0 Å². The molecule has 0 saturated carbocycles. The molecular weight excluding hydrogens is 1830 g/mol. The van der Waals surface area contributed by atoms with Gasteiger partial charge in [-0.25, -0.2) is 49.8 Å². The van der Waals surface area contributed by atoms with Crippen LogP contribution in [0.25, 0.3) is 250 Å². The zero-order valence-electron chi connectivity index (χ0n) is 69.6. The Morgan fingerprint density at radius 3 is 1.23 bits per heavy atom. The molecule has 11 nitrogen and oxygen atoms in total. The topological polar surface area (TPSA) is 134 Å². The molecule has 0 fully saturated rings. The third-order valence-electron chi connectivity index (χ3n) is 24.3. The number of hydrogen-bond acceptors (Lipinski definition) is 16. The number of aromatic nitrogens is 11. The zero-order chi connectivity index (χ0) is 88.5. The zero-order valence-corrected chi connectivity index (χ0v) is 77.5. The fraction of sp³-hybridized carbons (Fsp3) is 0. The molecule has 0 spiro atoms. The van der Waals surface area contributed by atoms with Gasteiger partial charge in [0.05, 0.1) is 85.9 Å². The summed E-state index contributed by atoms with van der Waals surface area (Å²) in [5.41, 5.74) is 21.0. The molecular formula is C112H61Cl4N11S6. The fourth-order valence-electron chi connectivity index (χ4n) is 18.2. The van der Waals surface area contributed by atoms with Gasteiger partial charge in [-0.05, 0) is 153 Å². The maximum absolute atomic E-state index is 6.53. The van der Waals surface area contributed by atoms with Crippen LogP contribution in [0, 0.1) is 0 Å². The van der Waals surface area contributed by atoms with Gasteiger partial charge >= 0.3 is 0 Å². The van der Waals surface area contributed by atoms with Crippen molar-refractivity contribution in [3.63, 3.8) is 0 Å². The van der Waals surface area contributed by atoms with Crippen molar-refractivity contribution in [2.45, 2.75) is 0 Å². The van der Waals surface area contributed by atoms with E-state index >= 15 is 0 Å². The number of rotatable bonds is 8. The SMILES string of the molecule is Clc1nc(-c2ccc(-c3nc(-c4ccccc4)c4ccccc4n3)cc2)c2sc3cc(-c4ccc5ccccc5c4)ccc3c2n1.Clc1nc(-c2ccc3c4ccccc4n(-c4ccccc4)c3c2)c2sc3ccccc3c2n1.Clc1nc(-c2ccc3sc4ccccc4c3c2)c2sc3ccccc3c2n1.Clc1nc(-c2cccc3c2sc2ccccc23)c2sc3ccccc3c2n1. The third-order valence-corrected chi connectivity index (χ3v) is 32.0. The van der Waals surface area contributed by atoms with Gasteiger partial charge in [0.25, 0.3) is 0 Å². The molecule has 0 aliphatic heterocycles. The fourth-order valence-corrected chi connectivity index (χ4v) is 25.8. The molecule has 0 amide bonds. The summed E-state index contributed by atoms with van der Waals surface area (Å²) in [4.78, 5) is 46.9. The van der Waals surface area contributed by atoms with E-state index in [9.17, 15) is 0 Å². The van der Waals surface area contributed by atoms with Gasteiger partial charge in [0.1, 0.15) is 0 Å². The number of fused-ring (bicyclic) bond motifs is 23. The summed E-state index contributed by atoms with van der Waals surface area (Å²) in [7, 11) is 0. The van der Waals surface area contributed by atoms with Crippen LogP contribution in [-0.2, 0) is 0 Å². The van der Waals surface area contributed by atoms with E-state index in [4.69, 9.17) is 61.4 Å². The molecule has 0 radical (unpaired) electrons. The highest BCUT2D eigenvalue weighted by molar-refractivity contribution is 7.28.